The van der Waals surface area contributed by atoms with E-state index in [4.69, 9.17) is 4.74 Å². The maximum atomic E-state index is 13.4. The number of hydrogen-bond acceptors (Lipinski definition) is 2. The van der Waals surface area contributed by atoms with Crippen molar-refractivity contribution in [2.75, 3.05) is 0 Å². The molecule has 0 saturated carbocycles. The molecule has 6 heteroatoms. The lowest BCUT2D eigenvalue weighted by molar-refractivity contribution is -0.148. The van der Waals surface area contributed by atoms with Gasteiger partial charge in [-0.3, -0.25) is 0 Å². The van der Waals surface area contributed by atoms with Crippen LogP contribution in [0.15, 0.2) is 18.2 Å². The Morgan fingerprint density at radius 2 is 1.75 bits per heavy atom. The van der Waals surface area contributed by atoms with E-state index in [9.17, 15) is 22.7 Å². The van der Waals surface area contributed by atoms with Gasteiger partial charge in [-0.1, -0.05) is 0 Å². The summed E-state index contributed by atoms with van der Waals surface area (Å²) in [6.45, 7) is 0. The molecule has 1 aromatic rings. The monoisotopic (exact) mass is 290 g/mol. The molecule has 2 aliphatic heterocycles. The second-order valence-corrected chi connectivity index (χ2v) is 5.58. The fraction of sp³-hybridized carbons (Fsp3) is 0.571. The molecule has 2 atom stereocenters. The maximum Gasteiger partial charge on any atom is 0.416 e. The fourth-order valence-electron chi connectivity index (χ4n) is 3.29. The number of aliphatic hydroxyl groups is 1. The highest BCUT2D eigenvalue weighted by Crippen LogP contribution is 2.47. The van der Waals surface area contributed by atoms with Crippen LogP contribution in [-0.2, 0) is 16.5 Å². The van der Waals surface area contributed by atoms with E-state index in [2.05, 4.69) is 0 Å². The van der Waals surface area contributed by atoms with Gasteiger partial charge in [-0.15, -0.1) is 0 Å². The van der Waals surface area contributed by atoms with E-state index in [1.165, 1.54) is 0 Å². The maximum absolute atomic E-state index is 13.4. The lowest BCUT2D eigenvalue weighted by Gasteiger charge is -2.38. The molecular formula is C14H14F4O2. The van der Waals surface area contributed by atoms with Gasteiger partial charge >= 0.3 is 6.18 Å². The summed E-state index contributed by atoms with van der Waals surface area (Å²) in [5.74, 6) is -0.778. The largest absolute Gasteiger partial charge is 0.416 e. The van der Waals surface area contributed by atoms with Crippen molar-refractivity contribution in [3.05, 3.63) is 35.1 Å². The smallest absolute Gasteiger partial charge is 0.385 e. The van der Waals surface area contributed by atoms with Crippen LogP contribution in [0, 0.1) is 5.82 Å². The van der Waals surface area contributed by atoms with Gasteiger partial charge in [0.05, 0.1) is 23.4 Å². The van der Waals surface area contributed by atoms with E-state index >= 15 is 0 Å². The summed E-state index contributed by atoms with van der Waals surface area (Å²) in [7, 11) is 0. The summed E-state index contributed by atoms with van der Waals surface area (Å²) in [5.41, 5.74) is -3.01. The molecule has 2 unspecified atom stereocenters. The highest BCUT2D eigenvalue weighted by molar-refractivity contribution is 5.36. The molecule has 20 heavy (non-hydrogen) atoms. The van der Waals surface area contributed by atoms with Crippen molar-refractivity contribution >= 4 is 0 Å². The van der Waals surface area contributed by atoms with Crippen LogP contribution in [-0.4, -0.2) is 17.3 Å². The second-order valence-electron chi connectivity index (χ2n) is 5.58. The number of ether oxygens (including phenoxy) is 1. The van der Waals surface area contributed by atoms with Crippen molar-refractivity contribution in [1.82, 2.24) is 0 Å². The molecule has 0 amide bonds. The van der Waals surface area contributed by atoms with Crippen molar-refractivity contribution in [2.45, 2.75) is 49.7 Å². The summed E-state index contributed by atoms with van der Waals surface area (Å²) < 4.78 is 58.0. The summed E-state index contributed by atoms with van der Waals surface area (Å²) in [6.07, 6.45) is -3.50. The van der Waals surface area contributed by atoms with Crippen LogP contribution >= 0.6 is 0 Å². The van der Waals surface area contributed by atoms with E-state index in [-0.39, 0.29) is 30.6 Å². The van der Waals surface area contributed by atoms with Crippen molar-refractivity contribution in [3.8, 4) is 0 Å². The van der Waals surface area contributed by atoms with Crippen LogP contribution in [0.25, 0.3) is 0 Å². The van der Waals surface area contributed by atoms with Crippen molar-refractivity contribution in [2.24, 2.45) is 0 Å². The van der Waals surface area contributed by atoms with Crippen molar-refractivity contribution in [3.63, 3.8) is 0 Å². The third-order valence-electron chi connectivity index (χ3n) is 4.11. The molecule has 2 nitrogen and oxygen atoms in total. The Labute approximate surface area is 113 Å². The second kappa shape index (κ2) is 4.43. The average Bonchev–Trinajstić information content (AvgIpc) is 2.67. The molecule has 3 rings (SSSR count). The predicted octanol–water partition coefficient (Wildman–Crippen LogP) is 3.37. The van der Waals surface area contributed by atoms with Gasteiger partial charge in [0.1, 0.15) is 5.82 Å². The number of fused-ring (bicyclic) bond motifs is 2. The van der Waals surface area contributed by atoms with Crippen molar-refractivity contribution in [1.29, 1.82) is 0 Å². The van der Waals surface area contributed by atoms with Gasteiger partial charge in [-0.05, 0) is 36.6 Å². The van der Waals surface area contributed by atoms with Gasteiger partial charge in [-0.2, -0.15) is 13.2 Å². The highest BCUT2D eigenvalue weighted by Gasteiger charge is 2.48. The Hall–Kier alpha value is -1.14. The molecule has 2 bridgehead atoms. The zero-order valence-electron chi connectivity index (χ0n) is 10.6. The van der Waals surface area contributed by atoms with E-state index in [1.807, 2.05) is 0 Å². The van der Waals surface area contributed by atoms with Gasteiger partial charge in [0, 0.05) is 12.8 Å². The van der Waals surface area contributed by atoms with E-state index in [1.54, 1.807) is 0 Å². The number of hydrogen-bond donors (Lipinski definition) is 1. The first-order valence-corrected chi connectivity index (χ1v) is 6.53. The summed E-state index contributed by atoms with van der Waals surface area (Å²) in [5, 5.41) is 10.6. The van der Waals surface area contributed by atoms with Crippen LogP contribution in [0.3, 0.4) is 0 Å². The molecule has 0 radical (unpaired) electrons. The molecule has 110 valence electrons. The Morgan fingerprint density at radius 3 is 2.30 bits per heavy atom. The molecule has 0 spiro atoms. The number of benzene rings is 1. The molecule has 2 heterocycles. The minimum Gasteiger partial charge on any atom is -0.385 e. The Morgan fingerprint density at radius 1 is 1.15 bits per heavy atom. The molecule has 2 aliphatic rings. The highest BCUT2D eigenvalue weighted by atomic mass is 19.4. The first-order valence-electron chi connectivity index (χ1n) is 6.53. The SMILES string of the molecule is OC1(c2cc(F)ccc2C(F)(F)F)CC2CCC(C1)O2. The van der Waals surface area contributed by atoms with Gasteiger partial charge in [0.25, 0.3) is 0 Å². The minimum atomic E-state index is -4.61. The third kappa shape index (κ3) is 2.31. The zero-order chi connectivity index (χ0) is 14.5. The van der Waals surface area contributed by atoms with Gasteiger partial charge < -0.3 is 9.84 Å². The standard InChI is InChI=1S/C14H14F4O2/c15-8-1-4-11(14(16,17)18)12(5-8)13(19)6-9-2-3-10(7-13)20-9/h1,4-5,9-10,19H,2-3,6-7H2. The normalized spacial score (nSPS) is 33.5. The molecule has 1 N–H and O–H groups in total. The number of alkyl halides is 3. The fourth-order valence-corrected chi connectivity index (χ4v) is 3.29. The topological polar surface area (TPSA) is 29.5 Å². The molecule has 2 fully saturated rings. The molecule has 0 aliphatic carbocycles. The zero-order valence-corrected chi connectivity index (χ0v) is 10.6. The number of rotatable bonds is 1. The van der Waals surface area contributed by atoms with E-state index in [0.717, 1.165) is 25.0 Å². The van der Waals surface area contributed by atoms with Crippen molar-refractivity contribution < 1.29 is 27.4 Å². The Kier molecular flexibility index (Phi) is 3.06. The average molecular weight is 290 g/mol. The summed E-state index contributed by atoms with van der Waals surface area (Å²) >= 11 is 0. The van der Waals surface area contributed by atoms with Crippen LogP contribution in [0.5, 0.6) is 0 Å². The van der Waals surface area contributed by atoms with Gasteiger partial charge in [-0.25, -0.2) is 4.39 Å². The quantitative estimate of drug-likeness (QED) is 0.804. The van der Waals surface area contributed by atoms with Crippen LogP contribution in [0.4, 0.5) is 17.6 Å². The number of halogens is 4. The minimum absolute atomic E-state index is 0.0794. The van der Waals surface area contributed by atoms with Gasteiger partial charge in [0.15, 0.2) is 0 Å². The summed E-state index contributed by atoms with van der Waals surface area (Å²) in [6, 6.07) is 2.26. The lowest BCUT2D eigenvalue weighted by Crippen LogP contribution is -2.40. The molecule has 2 saturated heterocycles. The molecule has 0 aromatic heterocycles. The summed E-state index contributed by atoms with van der Waals surface area (Å²) in [4.78, 5) is 0. The third-order valence-corrected chi connectivity index (χ3v) is 4.11. The van der Waals surface area contributed by atoms with Crippen LogP contribution < -0.4 is 0 Å². The van der Waals surface area contributed by atoms with E-state index in [0.29, 0.717) is 6.07 Å². The first-order chi connectivity index (χ1) is 9.28. The lowest BCUT2D eigenvalue weighted by atomic mass is 9.81. The predicted molar refractivity (Wildman–Crippen MR) is 62.4 cm³/mol. The van der Waals surface area contributed by atoms with Crippen LogP contribution in [0.1, 0.15) is 36.8 Å². The Bertz CT molecular complexity index is 514. The van der Waals surface area contributed by atoms with Gasteiger partial charge in [0.2, 0.25) is 0 Å². The molecule has 1 aromatic carbocycles. The first kappa shape index (κ1) is 13.8. The molecular weight excluding hydrogens is 276 g/mol. The Balaban J connectivity index is 2.06. The van der Waals surface area contributed by atoms with E-state index < -0.39 is 23.2 Å². The van der Waals surface area contributed by atoms with Crippen LogP contribution in [0.2, 0.25) is 0 Å².